The van der Waals surface area contributed by atoms with E-state index in [1.54, 1.807) is 55.6 Å². The monoisotopic (exact) mass is 414 g/mol. The van der Waals surface area contributed by atoms with Crippen LogP contribution in [0, 0.1) is 35.5 Å². The van der Waals surface area contributed by atoms with Gasteiger partial charge in [-0.2, -0.15) is 0 Å². The van der Waals surface area contributed by atoms with Gasteiger partial charge in [-0.25, -0.2) is 0 Å². The van der Waals surface area contributed by atoms with Gasteiger partial charge in [0.05, 0.1) is 24.6 Å². The third kappa shape index (κ3) is 2.67. The molecule has 6 heteroatoms. The summed E-state index contributed by atoms with van der Waals surface area (Å²) in [6.45, 7) is 0. The molecular weight excluding hydrogens is 392 g/mol. The number of amides is 3. The number of carbonyl (C=O) groups is 3. The van der Waals surface area contributed by atoms with E-state index in [0.29, 0.717) is 34.5 Å². The second-order valence-electron chi connectivity index (χ2n) is 8.90. The number of carbonyl (C=O) groups excluding carboxylic acids is 3. The summed E-state index contributed by atoms with van der Waals surface area (Å²) in [6, 6.07) is 13.8. The summed E-state index contributed by atoms with van der Waals surface area (Å²) < 4.78 is 5.12. The molecule has 2 bridgehead atoms. The van der Waals surface area contributed by atoms with Crippen LogP contribution in [-0.2, 0) is 9.59 Å². The predicted molar refractivity (Wildman–Crippen MR) is 115 cm³/mol. The first-order valence-corrected chi connectivity index (χ1v) is 10.7. The Morgan fingerprint density at radius 3 is 2.03 bits per heavy atom. The maximum atomic E-state index is 13.2. The van der Waals surface area contributed by atoms with E-state index in [1.807, 2.05) is 0 Å². The van der Waals surface area contributed by atoms with Crippen molar-refractivity contribution in [3.63, 3.8) is 0 Å². The second kappa shape index (κ2) is 6.54. The van der Waals surface area contributed by atoms with Gasteiger partial charge in [0, 0.05) is 11.3 Å². The molecular formula is C25H22N2O4. The van der Waals surface area contributed by atoms with Crippen molar-refractivity contribution in [2.24, 2.45) is 35.5 Å². The third-order valence-electron chi connectivity index (χ3n) is 7.40. The highest BCUT2D eigenvalue weighted by molar-refractivity contribution is 6.22. The molecule has 6 nitrogen and oxygen atoms in total. The van der Waals surface area contributed by atoms with Crippen molar-refractivity contribution in [3.8, 4) is 5.75 Å². The number of nitrogens with zero attached hydrogens (tertiary/aromatic N) is 1. The summed E-state index contributed by atoms with van der Waals surface area (Å²) in [5.74, 6) is 1.41. The lowest BCUT2D eigenvalue weighted by Gasteiger charge is -2.37. The van der Waals surface area contributed by atoms with Crippen LogP contribution in [0.5, 0.6) is 5.75 Å². The molecule has 0 unspecified atom stereocenters. The Kier molecular flexibility index (Phi) is 3.88. The molecule has 5 aliphatic rings. The number of benzene rings is 2. The number of rotatable bonds is 4. The van der Waals surface area contributed by atoms with Crippen molar-refractivity contribution in [2.75, 3.05) is 17.3 Å². The zero-order valence-corrected chi connectivity index (χ0v) is 17.0. The minimum atomic E-state index is -0.258. The molecule has 3 fully saturated rings. The Morgan fingerprint density at radius 2 is 1.48 bits per heavy atom. The lowest BCUT2D eigenvalue weighted by atomic mass is 9.63. The van der Waals surface area contributed by atoms with E-state index in [1.165, 1.54) is 4.90 Å². The highest BCUT2D eigenvalue weighted by Gasteiger charge is 2.67. The number of ether oxygens (including phenoxy) is 1. The average Bonchev–Trinajstić information content (AvgIpc) is 3.58. The van der Waals surface area contributed by atoms with Gasteiger partial charge in [0.25, 0.3) is 5.91 Å². The van der Waals surface area contributed by atoms with Gasteiger partial charge in [-0.3, -0.25) is 19.3 Å². The van der Waals surface area contributed by atoms with Crippen LogP contribution in [0.15, 0.2) is 60.7 Å². The molecule has 1 heterocycles. The van der Waals surface area contributed by atoms with Crippen LogP contribution in [0.2, 0.25) is 0 Å². The summed E-state index contributed by atoms with van der Waals surface area (Å²) >= 11 is 0. The SMILES string of the molecule is COc1ccc(NC(=O)c2ccc(N3C(=O)[C@H]4[C@@H]5C=C[C@H]([C@H]6C[C@H]56)[C@@H]4C3=O)cc2)cc1. The van der Waals surface area contributed by atoms with E-state index in [4.69, 9.17) is 4.74 Å². The molecule has 4 aliphatic carbocycles. The van der Waals surface area contributed by atoms with Crippen LogP contribution < -0.4 is 15.0 Å². The zero-order chi connectivity index (χ0) is 21.3. The standard InChI is InChI=1S/C25H22N2O4/c1-31-16-8-4-14(5-9-16)26-23(28)13-2-6-15(7-3-13)27-24(29)21-17-10-11-18(20-12-19(17)20)22(21)25(27)30/h2-11,17-22H,12H2,1H3,(H,26,28)/t17-,18-,19-,20-,21+,22+/m1/s1. The number of anilines is 2. The molecule has 0 spiro atoms. The fraction of sp³-hybridized carbons (Fsp3) is 0.320. The molecule has 156 valence electrons. The van der Waals surface area contributed by atoms with Crippen LogP contribution in [0.3, 0.4) is 0 Å². The normalized spacial score (nSPS) is 32.0. The summed E-state index contributed by atoms with van der Waals surface area (Å²) in [5, 5.41) is 2.84. The lowest BCUT2D eigenvalue weighted by Crippen LogP contribution is -2.40. The summed E-state index contributed by atoms with van der Waals surface area (Å²) in [6.07, 6.45) is 5.48. The number of hydrogen-bond donors (Lipinski definition) is 1. The van der Waals surface area contributed by atoms with E-state index in [0.717, 1.165) is 6.42 Å². The highest BCUT2D eigenvalue weighted by atomic mass is 16.5. The largest absolute Gasteiger partial charge is 0.497 e. The Balaban J connectivity index is 1.20. The van der Waals surface area contributed by atoms with Crippen molar-refractivity contribution in [1.29, 1.82) is 0 Å². The third-order valence-corrected chi connectivity index (χ3v) is 7.40. The maximum Gasteiger partial charge on any atom is 0.255 e. The van der Waals surface area contributed by atoms with Crippen molar-refractivity contribution in [2.45, 2.75) is 6.42 Å². The molecule has 3 amide bonds. The average molecular weight is 414 g/mol. The van der Waals surface area contributed by atoms with Crippen LogP contribution in [0.25, 0.3) is 0 Å². The van der Waals surface area contributed by atoms with Gasteiger partial charge >= 0.3 is 0 Å². The number of imide groups is 1. The van der Waals surface area contributed by atoms with Gasteiger partial charge in [-0.1, -0.05) is 12.2 Å². The fourth-order valence-corrected chi connectivity index (χ4v) is 5.85. The number of nitrogens with one attached hydrogen (secondary N) is 1. The lowest BCUT2D eigenvalue weighted by molar-refractivity contribution is -0.124. The number of hydrogen-bond acceptors (Lipinski definition) is 4. The first-order valence-electron chi connectivity index (χ1n) is 10.7. The van der Waals surface area contributed by atoms with Crippen LogP contribution >= 0.6 is 0 Å². The molecule has 7 rings (SSSR count). The summed E-state index contributed by atoms with van der Waals surface area (Å²) in [7, 11) is 1.59. The van der Waals surface area contributed by atoms with Gasteiger partial charge in [-0.15, -0.1) is 0 Å². The van der Waals surface area contributed by atoms with Gasteiger partial charge in [0.1, 0.15) is 5.75 Å². The summed E-state index contributed by atoms with van der Waals surface area (Å²) in [4.78, 5) is 40.3. The first-order chi connectivity index (χ1) is 15.1. The van der Waals surface area contributed by atoms with Gasteiger partial charge < -0.3 is 10.1 Å². The molecule has 1 aliphatic heterocycles. The maximum absolute atomic E-state index is 13.2. The molecule has 0 radical (unpaired) electrons. The molecule has 2 aromatic rings. The molecule has 1 saturated heterocycles. The molecule has 1 N–H and O–H groups in total. The van der Waals surface area contributed by atoms with E-state index in [-0.39, 0.29) is 41.4 Å². The van der Waals surface area contributed by atoms with Gasteiger partial charge in [0.2, 0.25) is 11.8 Å². The van der Waals surface area contributed by atoms with E-state index in [9.17, 15) is 14.4 Å². The Morgan fingerprint density at radius 1 is 0.903 bits per heavy atom. The smallest absolute Gasteiger partial charge is 0.255 e. The molecule has 6 atom stereocenters. The summed E-state index contributed by atoms with van der Waals surface area (Å²) in [5.41, 5.74) is 1.66. The second-order valence-corrected chi connectivity index (χ2v) is 8.90. The number of allylic oxidation sites excluding steroid dienone is 2. The minimum Gasteiger partial charge on any atom is -0.497 e. The van der Waals surface area contributed by atoms with Gasteiger partial charge in [0.15, 0.2) is 0 Å². The van der Waals surface area contributed by atoms with E-state index >= 15 is 0 Å². The number of methoxy groups -OCH3 is 1. The van der Waals surface area contributed by atoms with Crippen molar-refractivity contribution >= 4 is 29.1 Å². The van der Waals surface area contributed by atoms with Crippen molar-refractivity contribution in [3.05, 3.63) is 66.2 Å². The fourth-order valence-electron chi connectivity index (χ4n) is 5.85. The van der Waals surface area contributed by atoms with Crippen molar-refractivity contribution < 1.29 is 19.1 Å². The van der Waals surface area contributed by atoms with Gasteiger partial charge in [-0.05, 0) is 78.6 Å². The van der Waals surface area contributed by atoms with Crippen LogP contribution in [0.1, 0.15) is 16.8 Å². The minimum absolute atomic E-state index is 0.0878. The molecule has 2 saturated carbocycles. The molecule has 31 heavy (non-hydrogen) atoms. The quantitative estimate of drug-likeness (QED) is 0.614. The van der Waals surface area contributed by atoms with E-state index < -0.39 is 0 Å². The van der Waals surface area contributed by atoms with Crippen LogP contribution in [-0.4, -0.2) is 24.8 Å². The predicted octanol–water partition coefficient (Wildman–Crippen LogP) is 3.51. The Hall–Kier alpha value is -3.41. The topological polar surface area (TPSA) is 75.7 Å². The Labute approximate surface area is 179 Å². The Bertz CT molecular complexity index is 1090. The zero-order valence-electron chi connectivity index (χ0n) is 17.0. The van der Waals surface area contributed by atoms with E-state index in [2.05, 4.69) is 17.5 Å². The molecule has 2 aromatic carbocycles. The van der Waals surface area contributed by atoms with Crippen LogP contribution in [0.4, 0.5) is 11.4 Å². The first kappa shape index (κ1) is 18.4. The van der Waals surface area contributed by atoms with Crippen molar-refractivity contribution in [1.82, 2.24) is 0 Å². The molecule has 0 aromatic heterocycles. The highest BCUT2D eigenvalue weighted by Crippen LogP contribution is 2.65.